The molecule has 5 nitrogen and oxygen atoms in total. The van der Waals surface area contributed by atoms with E-state index in [2.05, 4.69) is 5.32 Å². The van der Waals surface area contributed by atoms with Crippen LogP contribution in [-0.4, -0.2) is 41.9 Å². The van der Waals surface area contributed by atoms with Crippen LogP contribution in [0.25, 0.3) is 0 Å². The molecule has 1 aliphatic rings. The van der Waals surface area contributed by atoms with E-state index in [9.17, 15) is 9.59 Å². The van der Waals surface area contributed by atoms with Crippen LogP contribution < -0.4 is 11.1 Å². The van der Waals surface area contributed by atoms with E-state index < -0.39 is 6.04 Å². The first-order chi connectivity index (χ1) is 11.0. The fourth-order valence-electron chi connectivity index (χ4n) is 3.00. The molecule has 1 saturated heterocycles. The quantitative estimate of drug-likeness (QED) is 0.852. The van der Waals surface area contributed by atoms with Crippen molar-refractivity contribution in [2.75, 3.05) is 13.1 Å². The number of carbonyl (C=O) groups is 2. The Bertz CT molecular complexity index is 557. The number of nitrogens with zero attached hydrogens (tertiary/aromatic N) is 1. The molecule has 0 bridgehead atoms. The van der Waals surface area contributed by atoms with Gasteiger partial charge in [-0.3, -0.25) is 9.59 Å². The van der Waals surface area contributed by atoms with E-state index in [1.165, 1.54) is 0 Å². The zero-order valence-corrected chi connectivity index (χ0v) is 15.3. The van der Waals surface area contributed by atoms with Gasteiger partial charge in [-0.15, -0.1) is 12.4 Å². The molecule has 0 spiro atoms. The second-order valence-electron chi connectivity index (χ2n) is 6.28. The molecule has 1 fully saturated rings. The van der Waals surface area contributed by atoms with Crippen LogP contribution >= 0.6 is 12.4 Å². The van der Waals surface area contributed by atoms with Gasteiger partial charge < -0.3 is 16.0 Å². The van der Waals surface area contributed by atoms with Crippen molar-refractivity contribution >= 4 is 24.2 Å². The zero-order chi connectivity index (χ0) is 16.8. The number of rotatable bonds is 5. The Hall–Kier alpha value is -1.59. The van der Waals surface area contributed by atoms with Crippen molar-refractivity contribution in [1.29, 1.82) is 0 Å². The highest BCUT2D eigenvalue weighted by Gasteiger charge is 2.26. The lowest BCUT2D eigenvalue weighted by molar-refractivity contribution is -0.133. The first kappa shape index (κ1) is 20.5. The highest BCUT2D eigenvalue weighted by atomic mass is 35.5. The first-order valence-corrected chi connectivity index (χ1v) is 8.43. The summed E-state index contributed by atoms with van der Waals surface area (Å²) in [6, 6.07) is 7.30. The number of benzene rings is 1. The zero-order valence-electron chi connectivity index (χ0n) is 14.5. The number of carbonyl (C=O) groups excluding carboxylic acids is 2. The molecule has 2 rings (SSSR count). The van der Waals surface area contributed by atoms with Gasteiger partial charge in [-0.1, -0.05) is 31.5 Å². The highest BCUT2D eigenvalue weighted by molar-refractivity contribution is 5.95. The predicted octanol–water partition coefficient (Wildman–Crippen LogP) is 2.27. The van der Waals surface area contributed by atoms with E-state index in [-0.39, 0.29) is 30.3 Å². The minimum atomic E-state index is -0.391. The Morgan fingerprint density at radius 1 is 1.29 bits per heavy atom. The van der Waals surface area contributed by atoms with Crippen LogP contribution in [0.3, 0.4) is 0 Å². The van der Waals surface area contributed by atoms with Gasteiger partial charge in [0.25, 0.3) is 5.91 Å². The second kappa shape index (κ2) is 9.64. The summed E-state index contributed by atoms with van der Waals surface area (Å²) in [5, 5.41) is 3.08. The molecule has 0 aliphatic carbocycles. The Morgan fingerprint density at radius 2 is 1.92 bits per heavy atom. The highest BCUT2D eigenvalue weighted by Crippen LogP contribution is 2.14. The van der Waals surface area contributed by atoms with Crippen molar-refractivity contribution in [1.82, 2.24) is 10.2 Å². The van der Waals surface area contributed by atoms with E-state index in [4.69, 9.17) is 5.73 Å². The van der Waals surface area contributed by atoms with Gasteiger partial charge in [-0.25, -0.2) is 0 Å². The molecule has 1 unspecified atom stereocenters. The topological polar surface area (TPSA) is 75.4 Å². The largest absolute Gasteiger partial charge is 0.349 e. The summed E-state index contributed by atoms with van der Waals surface area (Å²) < 4.78 is 0. The maximum atomic E-state index is 12.3. The number of amides is 2. The third kappa shape index (κ3) is 5.21. The Balaban J connectivity index is 0.00000288. The van der Waals surface area contributed by atoms with E-state index in [1.807, 2.05) is 43.0 Å². The fraction of sp³-hybridized carbons (Fsp3) is 0.556. The minimum absolute atomic E-state index is 0. The summed E-state index contributed by atoms with van der Waals surface area (Å²) in [5.74, 6) is 0.00564. The maximum Gasteiger partial charge on any atom is 0.251 e. The molecule has 1 aromatic carbocycles. The molecule has 1 aliphatic heterocycles. The molecule has 0 aromatic heterocycles. The van der Waals surface area contributed by atoms with Gasteiger partial charge in [0.1, 0.15) is 0 Å². The summed E-state index contributed by atoms with van der Waals surface area (Å²) in [6.07, 6.45) is 3.20. The molecular weight excluding hydrogens is 326 g/mol. The Morgan fingerprint density at radius 3 is 2.50 bits per heavy atom. The number of hydrogen-bond donors (Lipinski definition) is 2. The molecular formula is C18H28ClN3O2. The summed E-state index contributed by atoms with van der Waals surface area (Å²) in [5.41, 5.74) is 7.60. The number of nitrogens with one attached hydrogen (secondary N) is 1. The molecule has 2 amide bonds. The van der Waals surface area contributed by atoms with E-state index in [0.717, 1.165) is 36.8 Å². The lowest BCUT2D eigenvalue weighted by atomic mass is 10.0. The third-order valence-electron chi connectivity index (χ3n) is 4.45. The lowest BCUT2D eigenvalue weighted by Crippen LogP contribution is -2.51. The monoisotopic (exact) mass is 353 g/mol. The number of aryl methyl sites for hydroxylation is 1. The lowest BCUT2D eigenvalue weighted by Gasteiger charge is -2.34. The minimum Gasteiger partial charge on any atom is -0.349 e. The summed E-state index contributed by atoms with van der Waals surface area (Å²) in [6.45, 7) is 5.29. The van der Waals surface area contributed by atoms with Crippen molar-refractivity contribution in [2.45, 2.75) is 51.6 Å². The van der Waals surface area contributed by atoms with Crippen LogP contribution in [0.5, 0.6) is 0 Å². The number of hydrogen-bond acceptors (Lipinski definition) is 3. The second-order valence-corrected chi connectivity index (χ2v) is 6.28. The van der Waals surface area contributed by atoms with Gasteiger partial charge in [0.2, 0.25) is 5.91 Å². The van der Waals surface area contributed by atoms with Gasteiger partial charge in [0.05, 0.1) is 6.04 Å². The van der Waals surface area contributed by atoms with Crippen molar-refractivity contribution < 1.29 is 9.59 Å². The molecule has 24 heavy (non-hydrogen) atoms. The molecule has 134 valence electrons. The first-order valence-electron chi connectivity index (χ1n) is 8.43. The molecule has 1 atom stereocenters. The van der Waals surface area contributed by atoms with Crippen molar-refractivity contribution in [2.24, 2.45) is 5.73 Å². The molecule has 6 heteroatoms. The molecule has 1 heterocycles. The van der Waals surface area contributed by atoms with Crippen LogP contribution in [0.15, 0.2) is 24.3 Å². The normalized spacial score (nSPS) is 16.2. The predicted molar refractivity (Wildman–Crippen MR) is 98.4 cm³/mol. The average molecular weight is 354 g/mol. The molecule has 0 radical (unpaired) electrons. The van der Waals surface area contributed by atoms with Crippen LogP contribution in [-0.2, 0) is 4.79 Å². The smallest absolute Gasteiger partial charge is 0.251 e. The average Bonchev–Trinajstić information content (AvgIpc) is 2.55. The van der Waals surface area contributed by atoms with E-state index >= 15 is 0 Å². The number of nitrogens with two attached hydrogens (primary N) is 1. The van der Waals surface area contributed by atoms with Crippen molar-refractivity contribution in [3.8, 4) is 0 Å². The number of likely N-dealkylation sites (tertiary alicyclic amines) is 1. The molecule has 1 aromatic rings. The van der Waals surface area contributed by atoms with Gasteiger partial charge in [0.15, 0.2) is 0 Å². The van der Waals surface area contributed by atoms with E-state index in [1.54, 1.807) is 0 Å². The van der Waals surface area contributed by atoms with Gasteiger partial charge >= 0.3 is 0 Å². The van der Waals surface area contributed by atoms with Crippen LogP contribution in [0.2, 0.25) is 0 Å². The summed E-state index contributed by atoms with van der Waals surface area (Å²) in [4.78, 5) is 26.4. The maximum absolute atomic E-state index is 12.3. The summed E-state index contributed by atoms with van der Waals surface area (Å²) >= 11 is 0. The standard InChI is InChI=1S/C18H27N3O2.ClH/c1-3-6-16(19)18(23)21-11-9-14(10-12-21)20-17(22)15-8-5-4-7-13(15)2;/h4-5,7-8,14,16H,3,6,9-12,19H2,1-2H3,(H,20,22);1H. The van der Waals surface area contributed by atoms with E-state index in [0.29, 0.717) is 13.1 Å². The van der Waals surface area contributed by atoms with Gasteiger partial charge in [-0.2, -0.15) is 0 Å². The van der Waals surface area contributed by atoms with Crippen molar-refractivity contribution in [3.05, 3.63) is 35.4 Å². The van der Waals surface area contributed by atoms with Gasteiger partial charge in [-0.05, 0) is 37.8 Å². The Labute approximate surface area is 150 Å². The summed E-state index contributed by atoms with van der Waals surface area (Å²) in [7, 11) is 0. The van der Waals surface area contributed by atoms with Crippen LogP contribution in [0.1, 0.15) is 48.5 Å². The fourth-order valence-corrected chi connectivity index (χ4v) is 3.00. The number of halogens is 1. The molecule has 0 saturated carbocycles. The van der Waals surface area contributed by atoms with Crippen LogP contribution in [0, 0.1) is 6.92 Å². The number of piperidine rings is 1. The van der Waals surface area contributed by atoms with Crippen LogP contribution in [0.4, 0.5) is 0 Å². The SMILES string of the molecule is CCCC(N)C(=O)N1CCC(NC(=O)c2ccccc2C)CC1.Cl. The molecule has 3 N–H and O–H groups in total. The third-order valence-corrected chi connectivity index (χ3v) is 4.45. The van der Waals surface area contributed by atoms with Gasteiger partial charge in [0, 0.05) is 24.7 Å². The van der Waals surface area contributed by atoms with Crippen molar-refractivity contribution in [3.63, 3.8) is 0 Å². The Kier molecular flexibility index (Phi) is 8.22.